The van der Waals surface area contributed by atoms with Gasteiger partial charge in [0.1, 0.15) is 0 Å². The first-order chi connectivity index (χ1) is 7.95. The zero-order chi connectivity index (χ0) is 13.4. The van der Waals surface area contributed by atoms with Crippen LogP contribution >= 0.6 is 0 Å². The molecule has 5 heteroatoms. The van der Waals surface area contributed by atoms with E-state index in [1.54, 1.807) is 13.0 Å². The molecule has 0 fully saturated rings. The minimum Gasteiger partial charge on any atom is -0.516 e. The lowest BCUT2D eigenvalue weighted by Gasteiger charge is -2.03. The standard InChI is InChI=1S/C9H8O4.C3H6O/c1-5-6(8(10)11)3-2-4-7(5)9(12)13;1-2-3-4/h2-4H,1H3,(H,10,11)(H,12,13);2-4H,1H3. The van der Waals surface area contributed by atoms with Crippen molar-refractivity contribution in [1.82, 2.24) is 0 Å². The van der Waals surface area contributed by atoms with Gasteiger partial charge in [0.25, 0.3) is 0 Å². The molecular weight excluding hydrogens is 224 g/mol. The molecule has 0 bridgehead atoms. The maximum atomic E-state index is 10.6. The molecule has 0 aromatic heterocycles. The summed E-state index contributed by atoms with van der Waals surface area (Å²) in [6, 6.07) is 4.17. The van der Waals surface area contributed by atoms with E-state index in [4.69, 9.17) is 15.3 Å². The molecule has 92 valence electrons. The van der Waals surface area contributed by atoms with E-state index in [9.17, 15) is 9.59 Å². The second-order valence-corrected chi connectivity index (χ2v) is 3.07. The molecule has 1 aromatic rings. The monoisotopic (exact) mass is 238 g/mol. The lowest BCUT2D eigenvalue weighted by Crippen LogP contribution is -2.06. The predicted molar refractivity (Wildman–Crippen MR) is 62.5 cm³/mol. The van der Waals surface area contributed by atoms with Crippen molar-refractivity contribution in [2.75, 3.05) is 0 Å². The number of carboxylic acid groups (broad SMARTS) is 2. The number of aromatic carboxylic acids is 2. The van der Waals surface area contributed by atoms with Crippen LogP contribution in [-0.4, -0.2) is 27.3 Å². The van der Waals surface area contributed by atoms with Gasteiger partial charge in [0.15, 0.2) is 0 Å². The zero-order valence-electron chi connectivity index (χ0n) is 9.54. The average Bonchev–Trinajstić information content (AvgIpc) is 2.29. The van der Waals surface area contributed by atoms with Crippen LogP contribution in [0.1, 0.15) is 33.2 Å². The molecule has 0 heterocycles. The Morgan fingerprint density at radius 1 is 1.12 bits per heavy atom. The van der Waals surface area contributed by atoms with Crippen LogP contribution in [0.2, 0.25) is 0 Å². The quantitative estimate of drug-likeness (QED) is 0.688. The van der Waals surface area contributed by atoms with E-state index in [1.807, 2.05) is 0 Å². The highest BCUT2D eigenvalue weighted by Crippen LogP contribution is 2.13. The third-order valence-electron chi connectivity index (χ3n) is 1.94. The first kappa shape index (κ1) is 14.7. The molecule has 0 aliphatic carbocycles. The Morgan fingerprint density at radius 2 is 1.47 bits per heavy atom. The topological polar surface area (TPSA) is 94.8 Å². The molecule has 1 rings (SSSR count). The van der Waals surface area contributed by atoms with Crippen molar-refractivity contribution < 1.29 is 24.9 Å². The predicted octanol–water partition coefficient (Wildman–Crippen LogP) is 2.47. The fraction of sp³-hybridized carbons (Fsp3) is 0.167. The first-order valence-electron chi connectivity index (χ1n) is 4.77. The molecule has 0 saturated carbocycles. The Bertz CT molecular complexity index is 398. The number of hydrogen-bond acceptors (Lipinski definition) is 3. The molecule has 0 radical (unpaired) electrons. The van der Waals surface area contributed by atoms with Crippen LogP contribution in [0, 0.1) is 6.92 Å². The highest BCUT2D eigenvalue weighted by atomic mass is 16.4. The molecule has 0 amide bonds. The molecule has 0 aliphatic rings. The van der Waals surface area contributed by atoms with Crippen molar-refractivity contribution in [3.63, 3.8) is 0 Å². The van der Waals surface area contributed by atoms with E-state index in [-0.39, 0.29) is 16.7 Å². The molecule has 0 saturated heterocycles. The van der Waals surface area contributed by atoms with E-state index in [0.717, 1.165) is 6.26 Å². The number of benzene rings is 1. The van der Waals surface area contributed by atoms with Crippen LogP contribution in [0.15, 0.2) is 30.5 Å². The number of aliphatic hydroxyl groups excluding tert-OH is 1. The molecule has 0 spiro atoms. The van der Waals surface area contributed by atoms with Crippen LogP contribution < -0.4 is 0 Å². The van der Waals surface area contributed by atoms with Crippen molar-refractivity contribution >= 4 is 11.9 Å². The summed E-state index contributed by atoms with van der Waals surface area (Å²) >= 11 is 0. The summed E-state index contributed by atoms with van der Waals surface area (Å²) < 4.78 is 0. The highest BCUT2D eigenvalue weighted by Gasteiger charge is 2.13. The van der Waals surface area contributed by atoms with Gasteiger partial charge in [-0.15, -0.1) is 0 Å². The van der Waals surface area contributed by atoms with Crippen LogP contribution in [0.4, 0.5) is 0 Å². The van der Waals surface area contributed by atoms with Gasteiger partial charge in [0.2, 0.25) is 0 Å². The van der Waals surface area contributed by atoms with Gasteiger partial charge in [0.05, 0.1) is 17.4 Å². The normalized spacial score (nSPS) is 9.53. The maximum absolute atomic E-state index is 10.6. The summed E-state index contributed by atoms with van der Waals surface area (Å²) in [6.07, 6.45) is 2.56. The number of carbonyl (C=O) groups is 2. The minimum absolute atomic E-state index is 0.0277. The molecule has 17 heavy (non-hydrogen) atoms. The van der Waals surface area contributed by atoms with Gasteiger partial charge in [-0.05, 0) is 31.5 Å². The molecule has 0 unspecified atom stereocenters. The lowest BCUT2D eigenvalue weighted by atomic mass is 10.0. The molecule has 0 aliphatic heterocycles. The van der Waals surface area contributed by atoms with Crippen LogP contribution in [-0.2, 0) is 0 Å². The molecule has 0 atom stereocenters. The number of aliphatic hydroxyl groups is 1. The average molecular weight is 238 g/mol. The van der Waals surface area contributed by atoms with Crippen molar-refractivity contribution in [2.45, 2.75) is 13.8 Å². The third-order valence-corrected chi connectivity index (χ3v) is 1.94. The highest BCUT2D eigenvalue weighted by molar-refractivity contribution is 5.96. The Hall–Kier alpha value is -2.30. The summed E-state index contributed by atoms with van der Waals surface area (Å²) in [7, 11) is 0. The van der Waals surface area contributed by atoms with E-state index in [1.165, 1.54) is 25.1 Å². The summed E-state index contributed by atoms with van der Waals surface area (Å²) in [5, 5.41) is 25.1. The van der Waals surface area contributed by atoms with Crippen molar-refractivity contribution in [3.8, 4) is 0 Å². The second-order valence-electron chi connectivity index (χ2n) is 3.07. The molecule has 3 N–H and O–H groups in total. The maximum Gasteiger partial charge on any atom is 0.335 e. The Balaban J connectivity index is 0.000000557. The second kappa shape index (κ2) is 7.05. The van der Waals surface area contributed by atoms with Crippen molar-refractivity contribution in [2.24, 2.45) is 0 Å². The minimum atomic E-state index is -1.11. The molecule has 5 nitrogen and oxygen atoms in total. The Morgan fingerprint density at radius 3 is 1.71 bits per heavy atom. The van der Waals surface area contributed by atoms with E-state index in [2.05, 4.69) is 0 Å². The number of allylic oxidation sites excluding steroid dienone is 1. The van der Waals surface area contributed by atoms with Crippen LogP contribution in [0.5, 0.6) is 0 Å². The zero-order valence-corrected chi connectivity index (χ0v) is 9.54. The smallest absolute Gasteiger partial charge is 0.335 e. The van der Waals surface area contributed by atoms with Gasteiger partial charge in [-0.3, -0.25) is 0 Å². The van der Waals surface area contributed by atoms with Gasteiger partial charge in [-0.2, -0.15) is 0 Å². The lowest BCUT2D eigenvalue weighted by molar-refractivity contribution is 0.0696. The summed E-state index contributed by atoms with van der Waals surface area (Å²) in [5.74, 6) is -2.22. The summed E-state index contributed by atoms with van der Waals surface area (Å²) in [4.78, 5) is 21.2. The first-order valence-corrected chi connectivity index (χ1v) is 4.77. The van der Waals surface area contributed by atoms with Crippen LogP contribution in [0.3, 0.4) is 0 Å². The van der Waals surface area contributed by atoms with E-state index < -0.39 is 11.9 Å². The summed E-state index contributed by atoms with van der Waals surface area (Å²) in [5.41, 5.74) is 0.335. The van der Waals surface area contributed by atoms with Gasteiger partial charge >= 0.3 is 11.9 Å². The third kappa shape index (κ3) is 4.38. The number of rotatable bonds is 2. The molecular formula is C12H14O5. The number of hydrogen-bond donors (Lipinski definition) is 3. The largest absolute Gasteiger partial charge is 0.516 e. The van der Waals surface area contributed by atoms with Gasteiger partial charge in [0, 0.05) is 0 Å². The fourth-order valence-electron chi connectivity index (χ4n) is 1.10. The van der Waals surface area contributed by atoms with Gasteiger partial charge < -0.3 is 15.3 Å². The van der Waals surface area contributed by atoms with E-state index in [0.29, 0.717) is 0 Å². The van der Waals surface area contributed by atoms with Crippen LogP contribution in [0.25, 0.3) is 0 Å². The fourth-order valence-corrected chi connectivity index (χ4v) is 1.10. The van der Waals surface area contributed by atoms with Gasteiger partial charge in [-0.1, -0.05) is 12.1 Å². The molecule has 1 aromatic carbocycles. The number of carboxylic acids is 2. The Labute approximate surface area is 98.6 Å². The van der Waals surface area contributed by atoms with Crippen molar-refractivity contribution in [3.05, 3.63) is 47.2 Å². The van der Waals surface area contributed by atoms with E-state index >= 15 is 0 Å². The Kier molecular flexibility index (Phi) is 6.10. The SMILES string of the molecule is CC=CO.Cc1c(C(=O)O)cccc1C(=O)O. The van der Waals surface area contributed by atoms with Gasteiger partial charge in [-0.25, -0.2) is 9.59 Å². The van der Waals surface area contributed by atoms with Crippen molar-refractivity contribution in [1.29, 1.82) is 0 Å². The summed E-state index contributed by atoms with van der Waals surface area (Å²) in [6.45, 7) is 3.23.